The number of benzene rings is 1. The Morgan fingerprint density at radius 2 is 2.00 bits per heavy atom. The van der Waals surface area contributed by atoms with Crippen LogP contribution in [0.3, 0.4) is 0 Å². The molecule has 0 fully saturated rings. The number of alkyl halides is 1. The maximum Gasteiger partial charge on any atom is 0.0890 e. The monoisotopic (exact) mass is 257 g/mol. The quantitative estimate of drug-likeness (QED) is 0.745. The van der Waals surface area contributed by atoms with Crippen LogP contribution in [0, 0.1) is 11.3 Å². The molecule has 0 aliphatic rings. The molecule has 1 rings (SSSR count). The molecule has 1 nitrogen and oxygen atoms in total. The molecule has 0 spiro atoms. The standard InChI is InChI=1S/C10H9BrClN/c1-10(6-11,7-13)8-2-4-9(12)5-3-8/h2-5H,6H2,1H3. The minimum Gasteiger partial charge on any atom is -0.197 e. The molecule has 0 aliphatic heterocycles. The lowest BCUT2D eigenvalue weighted by atomic mass is 9.86. The van der Waals surface area contributed by atoms with E-state index >= 15 is 0 Å². The van der Waals surface area contributed by atoms with Gasteiger partial charge in [-0.25, -0.2) is 0 Å². The Labute approximate surface area is 91.5 Å². The number of nitriles is 1. The SMILES string of the molecule is CC(C#N)(CBr)c1ccc(Cl)cc1. The molecule has 3 heteroatoms. The fraction of sp³-hybridized carbons (Fsp3) is 0.300. The molecule has 1 atom stereocenters. The third-order valence-corrected chi connectivity index (χ3v) is 3.37. The second-order valence-corrected chi connectivity index (χ2v) is 4.08. The van der Waals surface area contributed by atoms with Gasteiger partial charge in [0.2, 0.25) is 0 Å². The van der Waals surface area contributed by atoms with Gasteiger partial charge in [-0.05, 0) is 24.6 Å². The van der Waals surface area contributed by atoms with Gasteiger partial charge in [-0.15, -0.1) is 0 Å². The maximum atomic E-state index is 9.00. The average Bonchev–Trinajstić information content (AvgIpc) is 2.18. The van der Waals surface area contributed by atoms with Gasteiger partial charge in [-0.3, -0.25) is 0 Å². The van der Waals surface area contributed by atoms with Crippen molar-refractivity contribution in [2.24, 2.45) is 0 Å². The minimum atomic E-state index is -0.468. The predicted octanol–water partition coefficient (Wildman–Crippen LogP) is 3.52. The summed E-state index contributed by atoms with van der Waals surface area (Å²) in [5.41, 5.74) is 0.515. The van der Waals surface area contributed by atoms with E-state index in [0.717, 1.165) is 5.56 Å². The number of hydrogen-bond donors (Lipinski definition) is 0. The molecule has 1 aromatic carbocycles. The van der Waals surface area contributed by atoms with Gasteiger partial charge in [0.1, 0.15) is 0 Å². The van der Waals surface area contributed by atoms with Crippen molar-refractivity contribution in [3.05, 3.63) is 34.9 Å². The normalized spacial score (nSPS) is 14.6. The molecule has 0 saturated carbocycles. The summed E-state index contributed by atoms with van der Waals surface area (Å²) >= 11 is 9.09. The Kier molecular flexibility index (Phi) is 3.35. The Balaban J connectivity index is 3.08. The molecule has 68 valence electrons. The molecule has 0 amide bonds. The van der Waals surface area contributed by atoms with Crippen molar-refractivity contribution in [1.29, 1.82) is 5.26 Å². The third kappa shape index (κ3) is 2.24. The molecule has 13 heavy (non-hydrogen) atoms. The molecule has 0 bridgehead atoms. The van der Waals surface area contributed by atoms with Gasteiger partial charge in [-0.1, -0.05) is 39.7 Å². The van der Waals surface area contributed by atoms with Crippen molar-refractivity contribution in [3.8, 4) is 6.07 Å². The van der Waals surface area contributed by atoms with E-state index in [4.69, 9.17) is 16.9 Å². The Hall–Kier alpha value is -0.520. The largest absolute Gasteiger partial charge is 0.197 e. The number of nitrogens with zero attached hydrogens (tertiary/aromatic N) is 1. The first kappa shape index (κ1) is 10.6. The smallest absolute Gasteiger partial charge is 0.0890 e. The molecule has 1 aromatic rings. The first-order valence-corrected chi connectivity index (χ1v) is 5.35. The Morgan fingerprint density at radius 3 is 2.38 bits per heavy atom. The third-order valence-electron chi connectivity index (χ3n) is 2.00. The lowest BCUT2D eigenvalue weighted by Crippen LogP contribution is -2.20. The summed E-state index contributed by atoms with van der Waals surface area (Å²) in [5.74, 6) is 0. The summed E-state index contributed by atoms with van der Waals surface area (Å²) in [6, 6.07) is 9.64. The first-order valence-electron chi connectivity index (χ1n) is 3.85. The molecular weight excluding hydrogens is 249 g/mol. The average molecular weight is 259 g/mol. The summed E-state index contributed by atoms with van der Waals surface area (Å²) in [6.07, 6.45) is 0. The fourth-order valence-corrected chi connectivity index (χ4v) is 1.56. The zero-order valence-corrected chi connectivity index (χ0v) is 9.56. The van der Waals surface area contributed by atoms with Crippen LogP contribution in [-0.2, 0) is 5.41 Å². The molecule has 0 heterocycles. The van der Waals surface area contributed by atoms with E-state index in [1.807, 2.05) is 19.1 Å². The van der Waals surface area contributed by atoms with Crippen LogP contribution in [0.2, 0.25) is 5.02 Å². The van der Waals surface area contributed by atoms with Crippen LogP contribution < -0.4 is 0 Å². The van der Waals surface area contributed by atoms with Gasteiger partial charge < -0.3 is 0 Å². The van der Waals surface area contributed by atoms with Crippen molar-refractivity contribution in [2.75, 3.05) is 5.33 Å². The van der Waals surface area contributed by atoms with Crippen molar-refractivity contribution in [1.82, 2.24) is 0 Å². The van der Waals surface area contributed by atoms with E-state index < -0.39 is 5.41 Å². The van der Waals surface area contributed by atoms with Crippen LogP contribution in [0.4, 0.5) is 0 Å². The van der Waals surface area contributed by atoms with Crippen molar-refractivity contribution < 1.29 is 0 Å². The summed E-state index contributed by atoms with van der Waals surface area (Å²) in [5, 5.41) is 10.3. The van der Waals surface area contributed by atoms with E-state index in [0.29, 0.717) is 10.4 Å². The second-order valence-electron chi connectivity index (χ2n) is 3.08. The van der Waals surface area contributed by atoms with Crippen LogP contribution in [-0.4, -0.2) is 5.33 Å². The van der Waals surface area contributed by atoms with Crippen molar-refractivity contribution in [2.45, 2.75) is 12.3 Å². The fourth-order valence-electron chi connectivity index (χ4n) is 0.989. The molecule has 0 N–H and O–H groups in total. The zero-order chi connectivity index (χ0) is 9.90. The van der Waals surface area contributed by atoms with Gasteiger partial charge in [0, 0.05) is 10.4 Å². The molecule has 0 aliphatic carbocycles. The van der Waals surface area contributed by atoms with Gasteiger partial charge in [0.15, 0.2) is 0 Å². The molecule has 0 radical (unpaired) electrons. The summed E-state index contributed by atoms with van der Waals surface area (Å²) in [6.45, 7) is 1.89. The number of halogens is 2. The van der Waals surface area contributed by atoms with E-state index in [-0.39, 0.29) is 0 Å². The van der Waals surface area contributed by atoms with Gasteiger partial charge in [-0.2, -0.15) is 5.26 Å². The first-order chi connectivity index (χ1) is 6.12. The highest BCUT2D eigenvalue weighted by molar-refractivity contribution is 9.09. The van der Waals surface area contributed by atoms with Crippen molar-refractivity contribution >= 4 is 27.5 Å². The lowest BCUT2D eigenvalue weighted by molar-refractivity contribution is 0.705. The number of rotatable bonds is 2. The summed E-state index contributed by atoms with van der Waals surface area (Å²) in [7, 11) is 0. The predicted molar refractivity (Wildman–Crippen MR) is 58.2 cm³/mol. The van der Waals surface area contributed by atoms with Crippen LogP contribution in [0.1, 0.15) is 12.5 Å². The molecular formula is C10H9BrClN. The second kappa shape index (κ2) is 4.13. The minimum absolute atomic E-state index is 0.468. The topological polar surface area (TPSA) is 23.8 Å². The van der Waals surface area contributed by atoms with E-state index in [2.05, 4.69) is 22.0 Å². The van der Waals surface area contributed by atoms with Crippen LogP contribution in [0.25, 0.3) is 0 Å². The highest BCUT2D eigenvalue weighted by atomic mass is 79.9. The Bertz CT molecular complexity index is 328. The van der Waals surface area contributed by atoms with E-state index in [9.17, 15) is 0 Å². The summed E-state index contributed by atoms with van der Waals surface area (Å²) in [4.78, 5) is 0. The van der Waals surface area contributed by atoms with Gasteiger partial charge in [0.05, 0.1) is 11.5 Å². The van der Waals surface area contributed by atoms with Gasteiger partial charge >= 0.3 is 0 Å². The van der Waals surface area contributed by atoms with E-state index in [1.165, 1.54) is 0 Å². The van der Waals surface area contributed by atoms with Crippen LogP contribution in [0.5, 0.6) is 0 Å². The maximum absolute atomic E-state index is 9.00. The van der Waals surface area contributed by atoms with Crippen LogP contribution in [0.15, 0.2) is 24.3 Å². The van der Waals surface area contributed by atoms with Gasteiger partial charge in [0.25, 0.3) is 0 Å². The molecule has 1 unspecified atom stereocenters. The molecule has 0 aromatic heterocycles. The van der Waals surface area contributed by atoms with E-state index in [1.54, 1.807) is 12.1 Å². The summed E-state index contributed by atoms with van der Waals surface area (Å²) < 4.78 is 0. The van der Waals surface area contributed by atoms with Crippen molar-refractivity contribution in [3.63, 3.8) is 0 Å². The molecule has 0 saturated heterocycles. The lowest BCUT2D eigenvalue weighted by Gasteiger charge is -2.18. The number of hydrogen-bond acceptors (Lipinski definition) is 1. The Morgan fingerprint density at radius 1 is 1.46 bits per heavy atom. The highest BCUT2D eigenvalue weighted by Gasteiger charge is 2.24. The zero-order valence-electron chi connectivity index (χ0n) is 7.22. The highest BCUT2D eigenvalue weighted by Crippen LogP contribution is 2.26. The van der Waals surface area contributed by atoms with Crippen LogP contribution >= 0.6 is 27.5 Å².